The molecule has 0 radical (unpaired) electrons. The molecule has 1 saturated carbocycles. The lowest BCUT2D eigenvalue weighted by molar-refractivity contribution is -0.136. The second-order valence-electron chi connectivity index (χ2n) is 4.37. The first kappa shape index (κ1) is 11.6. The monoisotopic (exact) mass is 239 g/mol. The number of rotatable bonds is 6. The molecule has 0 aromatic carbocycles. The van der Waals surface area contributed by atoms with Gasteiger partial charge in [0.2, 0.25) is 0 Å². The highest BCUT2D eigenvalue weighted by Gasteiger charge is 2.16. The van der Waals surface area contributed by atoms with Gasteiger partial charge in [-0.2, -0.15) is 0 Å². The first-order valence-electron chi connectivity index (χ1n) is 5.74. The van der Waals surface area contributed by atoms with Gasteiger partial charge in [0, 0.05) is 16.3 Å². The molecular formula is C12H17NO2S. The molecule has 2 N–H and O–H groups in total. The molecule has 1 aliphatic carbocycles. The lowest BCUT2D eigenvalue weighted by Gasteiger charge is -2.25. The van der Waals surface area contributed by atoms with Gasteiger partial charge in [-0.15, -0.1) is 11.3 Å². The smallest absolute Gasteiger partial charge is 0.308 e. The second-order valence-corrected chi connectivity index (χ2v) is 5.62. The van der Waals surface area contributed by atoms with Crippen molar-refractivity contribution in [3.8, 4) is 0 Å². The molecule has 1 fully saturated rings. The molecule has 2 rings (SSSR count). The predicted molar refractivity (Wildman–Crippen MR) is 64.7 cm³/mol. The zero-order chi connectivity index (χ0) is 11.4. The molecule has 0 saturated heterocycles. The number of hydrogen-bond acceptors (Lipinski definition) is 3. The third-order valence-electron chi connectivity index (χ3n) is 3.00. The quantitative estimate of drug-likeness (QED) is 0.800. The summed E-state index contributed by atoms with van der Waals surface area (Å²) in [4.78, 5) is 12.7. The lowest BCUT2D eigenvalue weighted by atomic mass is 9.85. The Balaban J connectivity index is 1.71. The molecule has 16 heavy (non-hydrogen) atoms. The number of aliphatic carboxylic acids is 1. The van der Waals surface area contributed by atoms with E-state index in [0.717, 1.165) is 23.9 Å². The molecule has 3 nitrogen and oxygen atoms in total. The highest BCUT2D eigenvalue weighted by Crippen LogP contribution is 2.25. The third-order valence-corrected chi connectivity index (χ3v) is 4.08. The molecule has 88 valence electrons. The van der Waals surface area contributed by atoms with Crippen molar-refractivity contribution >= 4 is 17.3 Å². The third kappa shape index (κ3) is 3.32. The van der Waals surface area contributed by atoms with E-state index in [-0.39, 0.29) is 6.42 Å². The van der Waals surface area contributed by atoms with Crippen molar-refractivity contribution in [2.24, 2.45) is 5.92 Å². The summed E-state index contributed by atoms with van der Waals surface area (Å²) in [5.41, 5.74) is 0. The summed E-state index contributed by atoms with van der Waals surface area (Å²) in [7, 11) is 0. The van der Waals surface area contributed by atoms with Crippen LogP contribution in [-0.4, -0.2) is 17.6 Å². The summed E-state index contributed by atoms with van der Waals surface area (Å²) in [6, 6.07) is 3.94. The van der Waals surface area contributed by atoms with E-state index in [9.17, 15) is 4.79 Å². The fraction of sp³-hybridized carbons (Fsp3) is 0.583. The largest absolute Gasteiger partial charge is 0.481 e. The van der Waals surface area contributed by atoms with Crippen LogP contribution in [0.5, 0.6) is 0 Å². The minimum atomic E-state index is -0.754. The van der Waals surface area contributed by atoms with Crippen LogP contribution in [-0.2, 0) is 17.8 Å². The highest BCUT2D eigenvalue weighted by molar-refractivity contribution is 7.12. The Labute approximate surface area is 99.5 Å². The van der Waals surface area contributed by atoms with E-state index in [1.54, 1.807) is 11.3 Å². The zero-order valence-electron chi connectivity index (χ0n) is 9.24. The second kappa shape index (κ2) is 5.46. The van der Waals surface area contributed by atoms with E-state index in [0.29, 0.717) is 0 Å². The summed E-state index contributed by atoms with van der Waals surface area (Å²) in [6.45, 7) is 1.98. The summed E-state index contributed by atoms with van der Waals surface area (Å²) in [5, 5.41) is 12.1. The van der Waals surface area contributed by atoms with Crippen molar-refractivity contribution in [2.75, 3.05) is 6.54 Å². The number of thiophene rings is 1. The van der Waals surface area contributed by atoms with Crippen LogP contribution >= 0.6 is 11.3 Å². The Morgan fingerprint density at radius 2 is 2.19 bits per heavy atom. The normalized spacial score (nSPS) is 16.0. The van der Waals surface area contributed by atoms with Gasteiger partial charge >= 0.3 is 5.97 Å². The van der Waals surface area contributed by atoms with Gasteiger partial charge in [-0.3, -0.25) is 4.79 Å². The molecule has 1 heterocycles. The molecule has 0 atom stereocenters. The number of hydrogen-bond donors (Lipinski definition) is 2. The van der Waals surface area contributed by atoms with E-state index in [1.807, 2.05) is 12.1 Å². The van der Waals surface area contributed by atoms with Crippen LogP contribution in [0, 0.1) is 5.92 Å². The molecule has 0 amide bonds. The van der Waals surface area contributed by atoms with Gasteiger partial charge < -0.3 is 10.4 Å². The summed E-state index contributed by atoms with van der Waals surface area (Å²) in [5.74, 6) is 0.120. The maximum absolute atomic E-state index is 10.5. The first-order chi connectivity index (χ1) is 7.74. The molecule has 0 bridgehead atoms. The Morgan fingerprint density at radius 1 is 1.44 bits per heavy atom. The summed E-state index contributed by atoms with van der Waals surface area (Å²) >= 11 is 1.60. The standard InChI is InChI=1S/C12H17NO2S/c14-12(15)6-10-4-5-11(16-10)8-13-7-9-2-1-3-9/h4-5,9,13H,1-3,6-8H2,(H,14,15). The number of carboxylic acid groups (broad SMARTS) is 1. The number of nitrogens with one attached hydrogen (secondary N) is 1. The van der Waals surface area contributed by atoms with Crippen LogP contribution < -0.4 is 5.32 Å². The Kier molecular flexibility index (Phi) is 3.96. The van der Waals surface area contributed by atoms with Crippen LogP contribution in [0.4, 0.5) is 0 Å². The van der Waals surface area contributed by atoms with Crippen LogP contribution in [0.1, 0.15) is 29.0 Å². The van der Waals surface area contributed by atoms with Crippen LogP contribution in [0.15, 0.2) is 12.1 Å². The molecule has 1 aromatic rings. The van der Waals surface area contributed by atoms with Crippen LogP contribution in [0.25, 0.3) is 0 Å². The van der Waals surface area contributed by atoms with Crippen molar-refractivity contribution in [2.45, 2.75) is 32.2 Å². The van der Waals surface area contributed by atoms with Crippen molar-refractivity contribution in [1.29, 1.82) is 0 Å². The van der Waals surface area contributed by atoms with Crippen LogP contribution in [0.3, 0.4) is 0 Å². The number of carbonyl (C=O) groups is 1. The highest BCUT2D eigenvalue weighted by atomic mass is 32.1. The van der Waals surface area contributed by atoms with Gasteiger partial charge in [-0.25, -0.2) is 0 Å². The topological polar surface area (TPSA) is 49.3 Å². The molecule has 4 heteroatoms. The van der Waals surface area contributed by atoms with Crippen molar-refractivity contribution in [1.82, 2.24) is 5.32 Å². The fourth-order valence-electron chi connectivity index (χ4n) is 1.86. The Bertz CT molecular complexity index is 358. The zero-order valence-corrected chi connectivity index (χ0v) is 10.1. The van der Waals surface area contributed by atoms with E-state index in [2.05, 4.69) is 5.32 Å². The molecular weight excluding hydrogens is 222 g/mol. The predicted octanol–water partition coefficient (Wildman–Crippen LogP) is 2.26. The fourth-order valence-corrected chi connectivity index (χ4v) is 2.84. The molecule has 0 unspecified atom stereocenters. The van der Waals surface area contributed by atoms with Crippen molar-refractivity contribution in [3.05, 3.63) is 21.9 Å². The molecule has 0 aliphatic heterocycles. The molecule has 0 spiro atoms. The lowest BCUT2D eigenvalue weighted by Crippen LogP contribution is -2.26. The Hall–Kier alpha value is -0.870. The Morgan fingerprint density at radius 3 is 2.81 bits per heavy atom. The van der Waals surface area contributed by atoms with E-state index < -0.39 is 5.97 Å². The van der Waals surface area contributed by atoms with Crippen molar-refractivity contribution in [3.63, 3.8) is 0 Å². The maximum atomic E-state index is 10.5. The van der Waals surface area contributed by atoms with Crippen molar-refractivity contribution < 1.29 is 9.90 Å². The minimum Gasteiger partial charge on any atom is -0.481 e. The minimum absolute atomic E-state index is 0.146. The SMILES string of the molecule is O=C(O)Cc1ccc(CNCC2CCC2)s1. The molecule has 1 aromatic heterocycles. The van der Waals surface area contributed by atoms with E-state index in [4.69, 9.17) is 5.11 Å². The average molecular weight is 239 g/mol. The summed E-state index contributed by atoms with van der Waals surface area (Å²) < 4.78 is 0. The van der Waals surface area contributed by atoms with E-state index in [1.165, 1.54) is 24.1 Å². The summed E-state index contributed by atoms with van der Waals surface area (Å²) in [6.07, 6.45) is 4.25. The average Bonchev–Trinajstić information content (AvgIpc) is 2.56. The van der Waals surface area contributed by atoms with Gasteiger partial charge in [-0.1, -0.05) is 6.42 Å². The van der Waals surface area contributed by atoms with Gasteiger partial charge in [-0.05, 0) is 37.4 Å². The van der Waals surface area contributed by atoms with Gasteiger partial charge in [0.05, 0.1) is 6.42 Å². The van der Waals surface area contributed by atoms with E-state index >= 15 is 0 Å². The number of carboxylic acids is 1. The van der Waals surface area contributed by atoms with Gasteiger partial charge in [0.1, 0.15) is 0 Å². The van der Waals surface area contributed by atoms with Crippen LogP contribution in [0.2, 0.25) is 0 Å². The van der Waals surface area contributed by atoms with Gasteiger partial charge in [0.15, 0.2) is 0 Å². The van der Waals surface area contributed by atoms with Gasteiger partial charge in [0.25, 0.3) is 0 Å². The maximum Gasteiger partial charge on any atom is 0.308 e. The molecule has 1 aliphatic rings. The first-order valence-corrected chi connectivity index (χ1v) is 6.56.